The predicted octanol–water partition coefficient (Wildman–Crippen LogP) is 3.18. The molecule has 116 valence electrons. The van der Waals surface area contributed by atoms with E-state index in [-0.39, 0.29) is 12.5 Å². The summed E-state index contributed by atoms with van der Waals surface area (Å²) < 4.78 is 41.5. The van der Waals surface area contributed by atoms with E-state index >= 15 is 0 Å². The molecule has 1 aromatic carbocycles. The molecule has 1 heterocycles. The molecule has 0 saturated heterocycles. The van der Waals surface area contributed by atoms with Gasteiger partial charge in [-0.3, -0.25) is 4.79 Å². The summed E-state index contributed by atoms with van der Waals surface area (Å²) in [5.41, 5.74) is -2.06. The largest absolute Gasteiger partial charge is 0.432 e. The number of anilines is 2. The summed E-state index contributed by atoms with van der Waals surface area (Å²) in [5, 5.41) is 2.36. The standard InChI is InChI=1S/C16H15F3N2O/c1-2-9-15(16(17,18)19)14(22)20-12-5-3-4-6-13(12)21(15)10-11-7-8-11/h3-6,11H,7-8,10H2,1H3,(H,20,22). The minimum atomic E-state index is -4.79. The molecule has 1 N–H and O–H groups in total. The Morgan fingerprint density at radius 2 is 2.05 bits per heavy atom. The number of para-hydroxylation sites is 2. The molecule has 1 saturated carbocycles. The first-order valence-corrected chi connectivity index (χ1v) is 7.09. The Morgan fingerprint density at radius 1 is 1.36 bits per heavy atom. The SMILES string of the molecule is CC#CC1(C(F)(F)F)C(=O)Nc2ccccc2N1CC1CC1. The van der Waals surface area contributed by atoms with Crippen LogP contribution in [0.15, 0.2) is 24.3 Å². The molecule has 6 heteroatoms. The Hall–Kier alpha value is -2.16. The molecule has 0 radical (unpaired) electrons. The number of amides is 1. The van der Waals surface area contributed by atoms with Crippen LogP contribution in [0, 0.1) is 17.8 Å². The molecule has 1 unspecified atom stereocenters. The predicted molar refractivity (Wildman–Crippen MR) is 77.4 cm³/mol. The van der Waals surface area contributed by atoms with Crippen molar-refractivity contribution in [2.45, 2.75) is 31.5 Å². The van der Waals surface area contributed by atoms with E-state index in [1.54, 1.807) is 24.3 Å². The van der Waals surface area contributed by atoms with Crippen LogP contribution in [0.1, 0.15) is 19.8 Å². The fourth-order valence-electron chi connectivity index (χ4n) is 2.78. The van der Waals surface area contributed by atoms with Crippen molar-refractivity contribution in [3.63, 3.8) is 0 Å². The van der Waals surface area contributed by atoms with Crippen LogP contribution < -0.4 is 10.2 Å². The van der Waals surface area contributed by atoms with Gasteiger partial charge >= 0.3 is 6.18 Å². The molecule has 3 rings (SSSR count). The number of benzene rings is 1. The van der Waals surface area contributed by atoms with Crippen molar-refractivity contribution in [1.29, 1.82) is 0 Å². The number of hydrogen-bond donors (Lipinski definition) is 1. The van der Waals surface area contributed by atoms with Crippen LogP contribution in [0.25, 0.3) is 0 Å². The fraction of sp³-hybridized carbons (Fsp3) is 0.438. The van der Waals surface area contributed by atoms with E-state index in [9.17, 15) is 18.0 Å². The van der Waals surface area contributed by atoms with Crippen LogP contribution in [0.5, 0.6) is 0 Å². The Labute approximate surface area is 126 Å². The van der Waals surface area contributed by atoms with Crippen molar-refractivity contribution in [2.24, 2.45) is 5.92 Å². The van der Waals surface area contributed by atoms with Crippen LogP contribution in [0.3, 0.4) is 0 Å². The van der Waals surface area contributed by atoms with Crippen molar-refractivity contribution >= 4 is 17.3 Å². The summed E-state index contributed by atoms with van der Waals surface area (Å²) in [4.78, 5) is 13.5. The van der Waals surface area contributed by atoms with Gasteiger partial charge in [0.15, 0.2) is 0 Å². The van der Waals surface area contributed by atoms with Gasteiger partial charge in [0, 0.05) is 6.54 Å². The lowest BCUT2D eigenvalue weighted by atomic mass is 9.91. The number of fused-ring (bicyclic) bond motifs is 1. The molecule has 1 amide bonds. The zero-order valence-electron chi connectivity index (χ0n) is 12.0. The Kier molecular flexibility index (Phi) is 3.32. The second kappa shape index (κ2) is 4.94. The van der Waals surface area contributed by atoms with Gasteiger partial charge in [-0.05, 0) is 37.8 Å². The number of nitrogens with one attached hydrogen (secondary N) is 1. The summed E-state index contributed by atoms with van der Waals surface area (Å²) >= 11 is 0. The lowest BCUT2D eigenvalue weighted by Crippen LogP contribution is -2.67. The van der Waals surface area contributed by atoms with Gasteiger partial charge < -0.3 is 10.2 Å². The Balaban J connectivity index is 2.20. The third-order valence-electron chi connectivity index (χ3n) is 4.03. The van der Waals surface area contributed by atoms with E-state index in [0.29, 0.717) is 11.4 Å². The highest BCUT2D eigenvalue weighted by molar-refractivity contribution is 6.09. The minimum absolute atomic E-state index is 0.179. The van der Waals surface area contributed by atoms with E-state index in [4.69, 9.17) is 0 Å². The molecule has 1 aliphatic carbocycles. The highest BCUT2D eigenvalue weighted by Crippen LogP contribution is 2.47. The van der Waals surface area contributed by atoms with Gasteiger partial charge in [-0.1, -0.05) is 18.1 Å². The van der Waals surface area contributed by atoms with Crippen LogP contribution in [0.2, 0.25) is 0 Å². The molecule has 1 atom stereocenters. The minimum Gasteiger partial charge on any atom is -0.338 e. The van der Waals surface area contributed by atoms with Crippen molar-refractivity contribution in [3.05, 3.63) is 24.3 Å². The Bertz CT molecular complexity index is 670. The number of halogens is 3. The number of carbonyl (C=O) groups is 1. The van der Waals surface area contributed by atoms with Crippen molar-refractivity contribution in [2.75, 3.05) is 16.8 Å². The number of hydrogen-bond acceptors (Lipinski definition) is 2. The number of alkyl halides is 3. The third-order valence-corrected chi connectivity index (χ3v) is 4.03. The van der Waals surface area contributed by atoms with E-state index in [0.717, 1.165) is 17.7 Å². The highest BCUT2D eigenvalue weighted by atomic mass is 19.4. The number of rotatable bonds is 2. The molecule has 1 aromatic rings. The van der Waals surface area contributed by atoms with Gasteiger partial charge in [-0.2, -0.15) is 13.2 Å². The maximum atomic E-state index is 13.8. The zero-order chi connectivity index (χ0) is 16.0. The highest BCUT2D eigenvalue weighted by Gasteiger charge is 2.66. The molecule has 0 aromatic heterocycles. The monoisotopic (exact) mass is 308 g/mol. The summed E-state index contributed by atoms with van der Waals surface area (Å²) in [6.45, 7) is 1.50. The topological polar surface area (TPSA) is 32.3 Å². The summed E-state index contributed by atoms with van der Waals surface area (Å²) in [5.74, 6) is 3.50. The fourth-order valence-corrected chi connectivity index (χ4v) is 2.78. The van der Waals surface area contributed by atoms with Crippen LogP contribution in [-0.2, 0) is 4.79 Å². The number of carbonyl (C=O) groups excluding carboxylic acids is 1. The van der Waals surface area contributed by atoms with Crippen molar-refractivity contribution in [1.82, 2.24) is 0 Å². The lowest BCUT2D eigenvalue weighted by Gasteiger charge is -2.45. The molecule has 22 heavy (non-hydrogen) atoms. The maximum Gasteiger partial charge on any atom is 0.432 e. The summed E-state index contributed by atoms with van der Waals surface area (Å²) in [7, 11) is 0. The van der Waals surface area contributed by atoms with Crippen LogP contribution in [0.4, 0.5) is 24.5 Å². The van der Waals surface area contributed by atoms with Gasteiger partial charge in [-0.25, -0.2) is 0 Å². The van der Waals surface area contributed by atoms with Crippen LogP contribution >= 0.6 is 0 Å². The molecular formula is C16H15F3N2O. The summed E-state index contributed by atoms with van der Waals surface area (Å²) in [6, 6.07) is 6.54. The van der Waals surface area contributed by atoms with Gasteiger partial charge in [0.1, 0.15) is 0 Å². The van der Waals surface area contributed by atoms with Crippen molar-refractivity contribution < 1.29 is 18.0 Å². The second-order valence-electron chi connectivity index (χ2n) is 5.61. The van der Waals surface area contributed by atoms with Gasteiger partial charge in [-0.15, -0.1) is 5.92 Å². The Morgan fingerprint density at radius 3 is 2.64 bits per heavy atom. The summed E-state index contributed by atoms with van der Waals surface area (Å²) in [6.07, 6.45) is -3.02. The second-order valence-corrected chi connectivity index (χ2v) is 5.61. The molecule has 0 bridgehead atoms. The van der Waals surface area contributed by atoms with E-state index < -0.39 is 17.6 Å². The van der Waals surface area contributed by atoms with Crippen molar-refractivity contribution in [3.8, 4) is 11.8 Å². The average molecular weight is 308 g/mol. The van der Waals surface area contributed by atoms with E-state index in [2.05, 4.69) is 17.2 Å². The number of nitrogens with zero attached hydrogens (tertiary/aromatic N) is 1. The molecule has 0 spiro atoms. The lowest BCUT2D eigenvalue weighted by molar-refractivity contribution is -0.176. The van der Waals surface area contributed by atoms with Gasteiger partial charge in [0.05, 0.1) is 11.4 Å². The van der Waals surface area contributed by atoms with Crippen LogP contribution in [-0.4, -0.2) is 24.2 Å². The molecule has 1 aliphatic heterocycles. The smallest absolute Gasteiger partial charge is 0.338 e. The average Bonchev–Trinajstić information content (AvgIpc) is 3.25. The van der Waals surface area contributed by atoms with E-state index in [1.165, 1.54) is 6.92 Å². The first kappa shape index (κ1) is 14.8. The molecule has 3 nitrogen and oxygen atoms in total. The molecule has 2 aliphatic rings. The maximum absolute atomic E-state index is 13.8. The van der Waals surface area contributed by atoms with Gasteiger partial charge in [0.25, 0.3) is 11.4 Å². The first-order valence-electron chi connectivity index (χ1n) is 7.09. The zero-order valence-corrected chi connectivity index (χ0v) is 12.0. The third kappa shape index (κ3) is 2.12. The van der Waals surface area contributed by atoms with E-state index in [1.807, 2.05) is 0 Å². The first-order chi connectivity index (χ1) is 10.4. The molecule has 1 fully saturated rings. The normalized spacial score (nSPS) is 24.2. The molecular weight excluding hydrogens is 293 g/mol. The van der Waals surface area contributed by atoms with Gasteiger partial charge in [0.2, 0.25) is 0 Å². The quantitative estimate of drug-likeness (QED) is 0.851.